The van der Waals surface area contributed by atoms with Gasteiger partial charge in [-0.05, 0) is 42.8 Å². The molecule has 1 nitrogen and oxygen atoms in total. The first-order chi connectivity index (χ1) is 9.72. The van der Waals surface area contributed by atoms with Crippen LogP contribution in [-0.2, 0) is 6.42 Å². The number of hydrogen-bond acceptors (Lipinski definition) is 2. The normalized spacial score (nSPS) is 12.3. The van der Waals surface area contributed by atoms with Gasteiger partial charge in [0.2, 0.25) is 0 Å². The molecule has 0 amide bonds. The number of aryl methyl sites for hydroxylation is 1. The van der Waals surface area contributed by atoms with Crippen LogP contribution < -0.4 is 5.32 Å². The summed E-state index contributed by atoms with van der Waals surface area (Å²) in [6.07, 6.45) is 1.09. The van der Waals surface area contributed by atoms with Gasteiger partial charge in [-0.1, -0.05) is 48.9 Å². The van der Waals surface area contributed by atoms with Crippen LogP contribution in [0.1, 0.15) is 24.1 Å². The Morgan fingerprint density at radius 1 is 1.15 bits per heavy atom. The Hall–Kier alpha value is -0.960. The molecule has 20 heavy (non-hydrogen) atoms. The molecule has 0 fully saturated rings. The van der Waals surface area contributed by atoms with Gasteiger partial charge in [0.25, 0.3) is 0 Å². The van der Waals surface area contributed by atoms with Crippen molar-refractivity contribution in [1.82, 2.24) is 5.32 Å². The number of benzene rings is 2. The molecule has 0 heterocycles. The highest BCUT2D eigenvalue weighted by Gasteiger charge is 2.09. The lowest BCUT2D eigenvalue weighted by Crippen LogP contribution is -2.18. The van der Waals surface area contributed by atoms with Gasteiger partial charge in [0.05, 0.1) is 0 Å². The summed E-state index contributed by atoms with van der Waals surface area (Å²) >= 11 is 7.84. The van der Waals surface area contributed by atoms with Crippen molar-refractivity contribution in [2.24, 2.45) is 0 Å². The van der Waals surface area contributed by atoms with E-state index in [1.807, 2.05) is 37.0 Å². The van der Waals surface area contributed by atoms with E-state index in [0.29, 0.717) is 6.04 Å². The van der Waals surface area contributed by atoms with Crippen LogP contribution in [0.15, 0.2) is 53.4 Å². The summed E-state index contributed by atoms with van der Waals surface area (Å²) in [6, 6.07) is 17.2. The summed E-state index contributed by atoms with van der Waals surface area (Å²) in [5.74, 6) is 0.988. The van der Waals surface area contributed by atoms with E-state index >= 15 is 0 Å². The van der Waals surface area contributed by atoms with Gasteiger partial charge in [0.1, 0.15) is 0 Å². The van der Waals surface area contributed by atoms with E-state index in [4.69, 9.17) is 11.6 Å². The fourth-order valence-corrected chi connectivity index (χ4v) is 3.43. The number of thioether (sulfide) groups is 1. The van der Waals surface area contributed by atoms with Crippen molar-refractivity contribution in [2.45, 2.75) is 24.3 Å². The molecule has 0 saturated heterocycles. The number of halogens is 1. The smallest absolute Gasteiger partial charge is 0.0417 e. The minimum Gasteiger partial charge on any atom is -0.312 e. The minimum absolute atomic E-state index is 0.352. The zero-order valence-corrected chi connectivity index (χ0v) is 13.5. The fourth-order valence-electron chi connectivity index (χ4n) is 2.07. The number of hydrogen-bond donors (Lipinski definition) is 1. The highest BCUT2D eigenvalue weighted by Crippen LogP contribution is 2.26. The molecule has 0 spiro atoms. The lowest BCUT2D eigenvalue weighted by molar-refractivity contribution is 0.661. The zero-order valence-electron chi connectivity index (χ0n) is 11.9. The Balaban J connectivity index is 2.01. The highest BCUT2D eigenvalue weighted by molar-refractivity contribution is 7.99. The standard InChI is InChI=1S/C17H20ClNS/c1-3-13-7-9-14(10-8-13)17(19-2)12-20-16-6-4-5-15(18)11-16/h4-11,17,19H,3,12H2,1-2H3. The van der Waals surface area contributed by atoms with E-state index in [9.17, 15) is 0 Å². The second-order valence-corrected chi connectivity index (χ2v) is 6.23. The van der Waals surface area contributed by atoms with Gasteiger partial charge in [0.15, 0.2) is 0 Å². The molecule has 2 aromatic carbocycles. The summed E-state index contributed by atoms with van der Waals surface area (Å²) in [5, 5.41) is 4.18. The summed E-state index contributed by atoms with van der Waals surface area (Å²) < 4.78 is 0. The Labute approximate surface area is 130 Å². The van der Waals surface area contributed by atoms with Crippen LogP contribution in [-0.4, -0.2) is 12.8 Å². The molecular formula is C17H20ClNS. The third-order valence-electron chi connectivity index (χ3n) is 3.35. The van der Waals surface area contributed by atoms with Gasteiger partial charge in [-0.25, -0.2) is 0 Å². The molecule has 0 bridgehead atoms. The van der Waals surface area contributed by atoms with Crippen molar-refractivity contribution >= 4 is 23.4 Å². The molecule has 1 unspecified atom stereocenters. The van der Waals surface area contributed by atoms with Crippen LogP contribution in [0.25, 0.3) is 0 Å². The Bertz CT molecular complexity index is 539. The average molecular weight is 306 g/mol. The molecule has 106 valence electrons. The van der Waals surface area contributed by atoms with Crippen LogP contribution in [0.3, 0.4) is 0 Å². The lowest BCUT2D eigenvalue weighted by atomic mass is 10.1. The largest absolute Gasteiger partial charge is 0.312 e. The van der Waals surface area contributed by atoms with Crippen LogP contribution in [0, 0.1) is 0 Å². The SMILES string of the molecule is CCc1ccc(C(CSc2cccc(Cl)c2)NC)cc1. The molecule has 2 rings (SSSR count). The van der Waals surface area contributed by atoms with Crippen molar-refractivity contribution in [3.8, 4) is 0 Å². The van der Waals surface area contributed by atoms with Crippen molar-refractivity contribution in [3.05, 3.63) is 64.7 Å². The van der Waals surface area contributed by atoms with Gasteiger partial charge in [-0.15, -0.1) is 11.8 Å². The maximum atomic E-state index is 6.02. The topological polar surface area (TPSA) is 12.0 Å². The van der Waals surface area contributed by atoms with Crippen LogP contribution >= 0.6 is 23.4 Å². The van der Waals surface area contributed by atoms with Crippen LogP contribution in [0.5, 0.6) is 0 Å². The van der Waals surface area contributed by atoms with Gasteiger partial charge < -0.3 is 5.32 Å². The molecule has 3 heteroatoms. The first-order valence-electron chi connectivity index (χ1n) is 6.87. The Kier molecular flexibility index (Phi) is 5.96. The molecule has 1 atom stereocenters. The molecule has 0 saturated carbocycles. The minimum atomic E-state index is 0.352. The van der Waals surface area contributed by atoms with Gasteiger partial charge >= 0.3 is 0 Å². The predicted octanol–water partition coefficient (Wildman–Crippen LogP) is 4.96. The lowest BCUT2D eigenvalue weighted by Gasteiger charge is -2.16. The van der Waals surface area contributed by atoms with E-state index in [1.165, 1.54) is 16.0 Å². The fraction of sp³-hybridized carbons (Fsp3) is 0.294. The van der Waals surface area contributed by atoms with E-state index in [2.05, 4.69) is 42.6 Å². The number of rotatable bonds is 6. The summed E-state index contributed by atoms with van der Waals surface area (Å²) in [4.78, 5) is 1.21. The van der Waals surface area contributed by atoms with Crippen molar-refractivity contribution in [2.75, 3.05) is 12.8 Å². The maximum Gasteiger partial charge on any atom is 0.0417 e. The van der Waals surface area contributed by atoms with Gasteiger partial charge in [-0.2, -0.15) is 0 Å². The van der Waals surface area contributed by atoms with E-state index in [1.54, 1.807) is 0 Å². The molecule has 0 radical (unpaired) electrons. The second kappa shape index (κ2) is 7.72. The Morgan fingerprint density at radius 2 is 1.90 bits per heavy atom. The molecule has 2 aromatic rings. The first kappa shape index (κ1) is 15.4. The van der Waals surface area contributed by atoms with Crippen LogP contribution in [0.2, 0.25) is 5.02 Å². The summed E-state index contributed by atoms with van der Waals surface area (Å²) in [6.45, 7) is 2.18. The quantitative estimate of drug-likeness (QED) is 0.757. The second-order valence-electron chi connectivity index (χ2n) is 4.70. The molecule has 1 N–H and O–H groups in total. The summed E-state index contributed by atoms with van der Waals surface area (Å²) in [7, 11) is 2.01. The van der Waals surface area contributed by atoms with E-state index in [0.717, 1.165) is 17.2 Å². The van der Waals surface area contributed by atoms with Gasteiger partial charge in [0, 0.05) is 21.7 Å². The van der Waals surface area contributed by atoms with Crippen molar-refractivity contribution in [1.29, 1.82) is 0 Å². The molecular weight excluding hydrogens is 286 g/mol. The monoisotopic (exact) mass is 305 g/mol. The van der Waals surface area contributed by atoms with Crippen molar-refractivity contribution in [3.63, 3.8) is 0 Å². The van der Waals surface area contributed by atoms with E-state index in [-0.39, 0.29) is 0 Å². The predicted molar refractivity (Wildman–Crippen MR) is 89.8 cm³/mol. The van der Waals surface area contributed by atoms with Crippen LogP contribution in [0.4, 0.5) is 0 Å². The molecule has 0 aliphatic heterocycles. The third kappa shape index (κ3) is 4.27. The number of nitrogens with one attached hydrogen (secondary N) is 1. The molecule has 0 aromatic heterocycles. The molecule has 0 aliphatic carbocycles. The third-order valence-corrected chi connectivity index (χ3v) is 4.67. The van der Waals surface area contributed by atoms with E-state index < -0.39 is 0 Å². The molecule has 0 aliphatic rings. The highest BCUT2D eigenvalue weighted by atomic mass is 35.5. The Morgan fingerprint density at radius 3 is 2.50 bits per heavy atom. The maximum absolute atomic E-state index is 6.02. The van der Waals surface area contributed by atoms with Gasteiger partial charge in [-0.3, -0.25) is 0 Å². The zero-order chi connectivity index (χ0) is 14.4. The van der Waals surface area contributed by atoms with Crippen molar-refractivity contribution < 1.29 is 0 Å². The average Bonchev–Trinajstić information content (AvgIpc) is 2.48. The summed E-state index contributed by atoms with van der Waals surface area (Å²) in [5.41, 5.74) is 2.71. The first-order valence-corrected chi connectivity index (χ1v) is 8.23.